The number of carbonyl (C=O) groups is 2. The minimum Gasteiger partial charge on any atom is -0.463 e. The summed E-state index contributed by atoms with van der Waals surface area (Å²) in [6, 6.07) is 0. The first-order valence-electron chi connectivity index (χ1n) is 11.0. The van der Waals surface area contributed by atoms with E-state index < -0.39 is 0 Å². The Balaban J connectivity index is 1.63. The fourth-order valence-electron chi connectivity index (χ4n) is 8.15. The van der Waals surface area contributed by atoms with Crippen molar-refractivity contribution in [1.82, 2.24) is 0 Å². The number of esters is 1. The van der Waals surface area contributed by atoms with E-state index in [0.717, 1.165) is 32.1 Å². The minimum atomic E-state index is -0.167. The normalized spacial score (nSPS) is 52.9. The van der Waals surface area contributed by atoms with E-state index in [0.29, 0.717) is 28.4 Å². The van der Waals surface area contributed by atoms with Gasteiger partial charge in [0.25, 0.3) is 0 Å². The predicted molar refractivity (Wildman–Crippen MR) is 118 cm³/mol. The lowest BCUT2D eigenvalue weighted by atomic mass is 9.44. The van der Waals surface area contributed by atoms with Crippen molar-refractivity contribution in [2.24, 2.45) is 34.5 Å². The maximum atomic E-state index is 12.3. The Kier molecular flexibility index (Phi) is 5.39. The zero-order valence-corrected chi connectivity index (χ0v) is 20.8. The smallest absolute Gasteiger partial charge is 0.302 e. The minimum absolute atomic E-state index is 0.0176. The third-order valence-corrected chi connectivity index (χ3v) is 13.1. The maximum Gasteiger partial charge on any atom is 0.302 e. The molecule has 0 amide bonds. The highest BCUT2D eigenvalue weighted by molar-refractivity contribution is 9.12. The Morgan fingerprint density at radius 2 is 1.71 bits per heavy atom. The van der Waals surface area contributed by atoms with Crippen LogP contribution in [-0.4, -0.2) is 27.0 Å². The van der Waals surface area contributed by atoms with Gasteiger partial charge in [-0.2, -0.15) is 0 Å². The Morgan fingerprint density at radius 3 is 2.36 bits per heavy atom. The number of carbonyl (C=O) groups excluding carboxylic acids is 2. The second-order valence-corrected chi connectivity index (χ2v) is 13.1. The SMILES string of the molecule is CC(=O)OC1CC[C@]2(C)[C@H]3CC[C@]4(C)C(C(C)=O)CC[C@H]4[C@@H]3C[C@@H](Br)[C@]2(Br)C1. The van der Waals surface area contributed by atoms with Crippen molar-refractivity contribution >= 4 is 43.6 Å². The lowest BCUT2D eigenvalue weighted by molar-refractivity contribution is -0.156. The number of ketones is 1. The molecule has 0 radical (unpaired) electrons. The summed E-state index contributed by atoms with van der Waals surface area (Å²) in [6.07, 6.45) is 8.82. The predicted octanol–water partition coefficient (Wildman–Crippen LogP) is 6.06. The Labute approximate surface area is 186 Å². The van der Waals surface area contributed by atoms with E-state index in [1.807, 2.05) is 0 Å². The quantitative estimate of drug-likeness (QED) is 0.330. The van der Waals surface area contributed by atoms with Crippen molar-refractivity contribution in [3.8, 4) is 0 Å². The van der Waals surface area contributed by atoms with E-state index >= 15 is 0 Å². The number of fused-ring (bicyclic) bond motifs is 5. The van der Waals surface area contributed by atoms with Gasteiger partial charge in [-0.1, -0.05) is 45.7 Å². The maximum absolute atomic E-state index is 12.3. The lowest BCUT2D eigenvalue weighted by Gasteiger charge is -2.65. The number of halogens is 2. The van der Waals surface area contributed by atoms with E-state index in [4.69, 9.17) is 4.74 Å². The summed E-state index contributed by atoms with van der Waals surface area (Å²) in [6.45, 7) is 8.22. The van der Waals surface area contributed by atoms with Gasteiger partial charge < -0.3 is 4.74 Å². The standard InChI is InChI=1S/C23H34Br2O3/c1-13(26)17-5-6-18-16-11-20(24)23(25)12-15(28-14(2)27)7-10-22(23,4)19(16)8-9-21(17,18)3/h15-20H,5-12H2,1-4H3/t15?,16-,17?,18-,19-,20+,21+,22+,23+/m0/s1. The molecule has 0 aromatic rings. The largest absolute Gasteiger partial charge is 0.463 e. The van der Waals surface area contributed by atoms with Gasteiger partial charge >= 0.3 is 5.97 Å². The molecule has 158 valence electrons. The van der Waals surface area contributed by atoms with Gasteiger partial charge in [0.2, 0.25) is 0 Å². The average Bonchev–Trinajstić information content (AvgIpc) is 2.95. The van der Waals surface area contributed by atoms with Gasteiger partial charge in [-0.25, -0.2) is 0 Å². The monoisotopic (exact) mass is 516 g/mol. The molecule has 0 heterocycles. The number of ether oxygens (including phenoxy) is 1. The molecule has 4 saturated carbocycles. The molecule has 0 aliphatic heterocycles. The topological polar surface area (TPSA) is 43.4 Å². The zero-order valence-electron chi connectivity index (χ0n) is 17.6. The van der Waals surface area contributed by atoms with Crippen LogP contribution in [0.2, 0.25) is 0 Å². The number of hydrogen-bond donors (Lipinski definition) is 0. The molecule has 0 spiro atoms. The van der Waals surface area contributed by atoms with Crippen LogP contribution in [0.25, 0.3) is 0 Å². The van der Waals surface area contributed by atoms with Crippen molar-refractivity contribution in [2.45, 2.75) is 94.3 Å². The highest BCUT2D eigenvalue weighted by Gasteiger charge is 2.67. The second kappa shape index (κ2) is 7.07. The van der Waals surface area contributed by atoms with E-state index in [1.165, 1.54) is 26.2 Å². The van der Waals surface area contributed by atoms with Gasteiger partial charge in [0.15, 0.2) is 0 Å². The highest BCUT2D eigenvalue weighted by atomic mass is 79.9. The molecule has 0 saturated heterocycles. The molecule has 4 aliphatic carbocycles. The molecular formula is C23H34Br2O3. The molecule has 2 unspecified atom stereocenters. The van der Waals surface area contributed by atoms with Gasteiger partial charge in [-0.05, 0) is 80.5 Å². The molecule has 0 bridgehead atoms. The van der Waals surface area contributed by atoms with Crippen LogP contribution in [0, 0.1) is 34.5 Å². The van der Waals surface area contributed by atoms with Gasteiger partial charge in [0.05, 0.1) is 0 Å². The van der Waals surface area contributed by atoms with Crippen LogP contribution < -0.4 is 0 Å². The number of rotatable bonds is 2. The number of Topliss-reactive ketones (excluding diaryl/α,β-unsaturated/α-hetero) is 1. The zero-order chi connectivity index (χ0) is 20.5. The first-order chi connectivity index (χ1) is 13.0. The third-order valence-electron chi connectivity index (χ3n) is 9.51. The van der Waals surface area contributed by atoms with E-state index in [-0.39, 0.29) is 33.1 Å². The molecular weight excluding hydrogens is 484 g/mol. The van der Waals surface area contributed by atoms with Crippen molar-refractivity contribution < 1.29 is 14.3 Å². The molecule has 0 aromatic heterocycles. The van der Waals surface area contributed by atoms with Gasteiger partial charge in [0.1, 0.15) is 11.9 Å². The summed E-state index contributed by atoms with van der Waals surface area (Å²) >= 11 is 8.30. The van der Waals surface area contributed by atoms with Gasteiger partial charge in [0, 0.05) is 28.4 Å². The summed E-state index contributed by atoms with van der Waals surface area (Å²) in [5.74, 6) is 2.53. The highest BCUT2D eigenvalue weighted by Crippen LogP contribution is 2.71. The van der Waals surface area contributed by atoms with Crippen molar-refractivity contribution in [3.63, 3.8) is 0 Å². The Bertz CT molecular complexity index is 681. The van der Waals surface area contributed by atoms with E-state index in [1.54, 1.807) is 6.92 Å². The molecule has 0 N–H and O–H groups in total. The van der Waals surface area contributed by atoms with Crippen LogP contribution in [0.4, 0.5) is 0 Å². The van der Waals surface area contributed by atoms with Crippen molar-refractivity contribution in [1.29, 1.82) is 0 Å². The average molecular weight is 518 g/mol. The number of alkyl halides is 2. The summed E-state index contributed by atoms with van der Waals surface area (Å²) in [4.78, 5) is 24.2. The summed E-state index contributed by atoms with van der Waals surface area (Å²) < 4.78 is 5.60. The summed E-state index contributed by atoms with van der Waals surface area (Å²) in [7, 11) is 0. The molecule has 5 heteroatoms. The van der Waals surface area contributed by atoms with Crippen LogP contribution in [0.3, 0.4) is 0 Å². The summed E-state index contributed by atoms with van der Waals surface area (Å²) in [5, 5.41) is 0. The molecule has 28 heavy (non-hydrogen) atoms. The number of hydrogen-bond acceptors (Lipinski definition) is 3. The van der Waals surface area contributed by atoms with Gasteiger partial charge in [-0.3, -0.25) is 9.59 Å². The molecule has 4 fully saturated rings. The molecule has 0 aromatic carbocycles. The summed E-state index contributed by atoms with van der Waals surface area (Å²) in [5.41, 5.74) is 0.383. The van der Waals surface area contributed by atoms with Crippen molar-refractivity contribution in [2.75, 3.05) is 0 Å². The van der Waals surface area contributed by atoms with Crippen LogP contribution in [0.1, 0.15) is 79.1 Å². The fraction of sp³-hybridized carbons (Fsp3) is 0.913. The van der Waals surface area contributed by atoms with Crippen LogP contribution in [-0.2, 0) is 14.3 Å². The van der Waals surface area contributed by atoms with Crippen LogP contribution >= 0.6 is 31.9 Å². The Hall–Kier alpha value is 0.1000. The van der Waals surface area contributed by atoms with E-state index in [9.17, 15) is 9.59 Å². The van der Waals surface area contributed by atoms with Crippen LogP contribution in [0.5, 0.6) is 0 Å². The lowest BCUT2D eigenvalue weighted by Crippen LogP contribution is -2.64. The molecule has 3 nitrogen and oxygen atoms in total. The molecule has 9 atom stereocenters. The van der Waals surface area contributed by atoms with E-state index in [2.05, 4.69) is 45.7 Å². The third kappa shape index (κ3) is 2.92. The first kappa shape index (κ1) is 21.3. The van der Waals surface area contributed by atoms with Crippen molar-refractivity contribution in [3.05, 3.63) is 0 Å². The van der Waals surface area contributed by atoms with Crippen LogP contribution in [0.15, 0.2) is 0 Å². The second-order valence-electron chi connectivity index (χ2n) is 10.6. The first-order valence-corrected chi connectivity index (χ1v) is 12.7. The molecule has 4 aliphatic rings. The Morgan fingerprint density at radius 1 is 1.00 bits per heavy atom. The molecule has 4 rings (SSSR count). The fourth-order valence-corrected chi connectivity index (χ4v) is 10.3. The van der Waals surface area contributed by atoms with Gasteiger partial charge in [-0.15, -0.1) is 0 Å².